The van der Waals surface area contributed by atoms with Gasteiger partial charge in [0.15, 0.2) is 0 Å². The summed E-state index contributed by atoms with van der Waals surface area (Å²) in [7, 11) is 0. The van der Waals surface area contributed by atoms with E-state index in [2.05, 4.69) is 128 Å². The Kier molecular flexibility index (Phi) is 6.53. The van der Waals surface area contributed by atoms with Crippen molar-refractivity contribution in [1.82, 2.24) is 9.97 Å². The predicted octanol–water partition coefficient (Wildman–Crippen LogP) is 12.3. The lowest BCUT2D eigenvalue weighted by Gasteiger charge is -2.24. The number of hydrogen-bond acceptors (Lipinski definition) is 4. The summed E-state index contributed by atoms with van der Waals surface area (Å²) in [6.07, 6.45) is 3.74. The van der Waals surface area contributed by atoms with Gasteiger partial charge in [-0.25, -0.2) is 0 Å². The van der Waals surface area contributed by atoms with Crippen molar-refractivity contribution in [3.05, 3.63) is 129 Å². The van der Waals surface area contributed by atoms with Gasteiger partial charge in [-0.15, -0.1) is 22.7 Å². The molecule has 0 fully saturated rings. The average molecular weight is 705 g/mol. The van der Waals surface area contributed by atoms with Crippen LogP contribution in [0.3, 0.4) is 0 Å². The molecule has 0 radical (unpaired) electrons. The third-order valence-corrected chi connectivity index (χ3v) is 10.5. The summed E-state index contributed by atoms with van der Waals surface area (Å²) in [6.45, 7) is 0. The number of fused-ring (bicyclic) bond motifs is 6. The molecular formula is C36H20Br2N2S2. The smallest absolute Gasteiger partial charge is 0.0971 e. The quantitative estimate of drug-likeness (QED) is 0.171. The normalized spacial score (nSPS) is 11.6. The van der Waals surface area contributed by atoms with Gasteiger partial charge >= 0.3 is 0 Å². The van der Waals surface area contributed by atoms with Gasteiger partial charge in [0.05, 0.1) is 11.0 Å². The van der Waals surface area contributed by atoms with Crippen LogP contribution in [0.2, 0.25) is 0 Å². The van der Waals surface area contributed by atoms with Crippen molar-refractivity contribution in [1.29, 1.82) is 0 Å². The topological polar surface area (TPSA) is 25.8 Å². The maximum absolute atomic E-state index is 4.92. The zero-order valence-electron chi connectivity index (χ0n) is 22.0. The van der Waals surface area contributed by atoms with Crippen LogP contribution in [0.15, 0.2) is 129 Å². The number of pyridine rings is 2. The van der Waals surface area contributed by atoms with E-state index in [4.69, 9.17) is 9.97 Å². The SMILES string of the molecule is Brc1ccc(-c2c(-c3cccs3)c(-c3cccs3)c(-c3ccc(Br)cc3)c3c4cccnc4c4ncccc4c23)cc1. The first-order valence-electron chi connectivity index (χ1n) is 13.4. The lowest BCUT2D eigenvalue weighted by Crippen LogP contribution is -1.98. The molecule has 0 amide bonds. The van der Waals surface area contributed by atoms with Crippen LogP contribution in [0.5, 0.6) is 0 Å². The van der Waals surface area contributed by atoms with Crippen LogP contribution in [-0.4, -0.2) is 9.97 Å². The van der Waals surface area contributed by atoms with Crippen molar-refractivity contribution in [2.24, 2.45) is 0 Å². The van der Waals surface area contributed by atoms with Gasteiger partial charge in [-0.2, -0.15) is 0 Å². The summed E-state index contributed by atoms with van der Waals surface area (Å²) < 4.78 is 2.11. The molecule has 200 valence electrons. The van der Waals surface area contributed by atoms with Crippen LogP contribution in [-0.2, 0) is 0 Å². The zero-order chi connectivity index (χ0) is 28.2. The molecule has 0 saturated heterocycles. The highest BCUT2D eigenvalue weighted by Gasteiger charge is 2.28. The first kappa shape index (κ1) is 26.0. The van der Waals surface area contributed by atoms with Crippen LogP contribution < -0.4 is 0 Å². The minimum Gasteiger partial charge on any atom is -0.254 e. The molecule has 0 saturated carbocycles. The third kappa shape index (κ3) is 4.16. The molecule has 0 bridgehead atoms. The van der Waals surface area contributed by atoms with Crippen LogP contribution in [0.25, 0.3) is 75.7 Å². The van der Waals surface area contributed by atoms with E-state index in [9.17, 15) is 0 Å². The molecule has 8 aromatic rings. The van der Waals surface area contributed by atoms with Gasteiger partial charge < -0.3 is 0 Å². The monoisotopic (exact) mass is 702 g/mol. The van der Waals surface area contributed by atoms with Crippen molar-refractivity contribution in [2.75, 3.05) is 0 Å². The highest BCUT2D eigenvalue weighted by Crippen LogP contribution is 2.55. The van der Waals surface area contributed by atoms with E-state index < -0.39 is 0 Å². The molecule has 4 aromatic heterocycles. The fraction of sp³-hybridized carbons (Fsp3) is 0. The standard InChI is InChI=1S/C36H20Br2N2S2/c37-23-13-9-21(10-14-23)29-31-25-5-1-17-39-35(25)36-26(6-2-18-40-36)32(31)30(22-11-15-24(38)16-12-22)34(28-8-4-20-42-28)33(29)27-7-3-19-41-27/h1-20H. The molecular weight excluding hydrogens is 684 g/mol. The lowest BCUT2D eigenvalue weighted by atomic mass is 9.80. The van der Waals surface area contributed by atoms with Gasteiger partial charge in [-0.3, -0.25) is 9.97 Å². The van der Waals surface area contributed by atoms with Crippen molar-refractivity contribution in [2.45, 2.75) is 0 Å². The molecule has 0 spiro atoms. The first-order chi connectivity index (χ1) is 20.7. The molecule has 2 nitrogen and oxygen atoms in total. The highest BCUT2D eigenvalue weighted by molar-refractivity contribution is 9.10. The molecule has 6 heteroatoms. The van der Waals surface area contributed by atoms with Crippen LogP contribution >= 0.6 is 54.5 Å². The van der Waals surface area contributed by atoms with Gasteiger partial charge in [0.2, 0.25) is 0 Å². The van der Waals surface area contributed by atoms with Crippen molar-refractivity contribution in [3.8, 4) is 43.1 Å². The van der Waals surface area contributed by atoms with Crippen molar-refractivity contribution in [3.63, 3.8) is 0 Å². The second-order valence-electron chi connectivity index (χ2n) is 10.0. The second-order valence-corrected chi connectivity index (χ2v) is 13.7. The lowest BCUT2D eigenvalue weighted by molar-refractivity contribution is 1.38. The minimum atomic E-state index is 0.918. The van der Waals surface area contributed by atoms with E-state index in [0.717, 1.165) is 30.8 Å². The Bertz CT molecular complexity index is 2080. The highest BCUT2D eigenvalue weighted by atomic mass is 79.9. The van der Waals surface area contributed by atoms with E-state index in [1.807, 2.05) is 24.5 Å². The summed E-state index contributed by atoms with van der Waals surface area (Å²) in [5.41, 5.74) is 9.09. The summed E-state index contributed by atoms with van der Waals surface area (Å²) in [4.78, 5) is 12.3. The predicted molar refractivity (Wildman–Crippen MR) is 187 cm³/mol. The molecule has 4 aromatic carbocycles. The minimum absolute atomic E-state index is 0.918. The zero-order valence-corrected chi connectivity index (χ0v) is 26.8. The molecule has 0 N–H and O–H groups in total. The van der Waals surface area contributed by atoms with E-state index >= 15 is 0 Å². The Hall–Kier alpha value is -3.68. The first-order valence-corrected chi connectivity index (χ1v) is 16.8. The number of aromatic nitrogens is 2. The van der Waals surface area contributed by atoms with Crippen molar-refractivity contribution >= 4 is 87.1 Å². The van der Waals surface area contributed by atoms with E-state index in [0.29, 0.717) is 0 Å². The Labute approximate surface area is 267 Å². The molecule has 42 heavy (non-hydrogen) atoms. The molecule has 8 rings (SSSR count). The number of benzene rings is 4. The molecule has 0 unspecified atom stereocenters. The maximum Gasteiger partial charge on any atom is 0.0971 e. The molecule has 4 heterocycles. The Balaban J connectivity index is 1.75. The number of rotatable bonds is 4. The van der Waals surface area contributed by atoms with Gasteiger partial charge in [0.1, 0.15) is 0 Å². The van der Waals surface area contributed by atoms with E-state index in [1.165, 1.54) is 53.9 Å². The summed E-state index contributed by atoms with van der Waals surface area (Å²) in [5.74, 6) is 0. The molecule has 0 atom stereocenters. The number of thiophene rings is 2. The molecule has 0 aliphatic carbocycles. The third-order valence-electron chi connectivity index (χ3n) is 7.68. The maximum atomic E-state index is 4.92. The van der Waals surface area contributed by atoms with Crippen molar-refractivity contribution < 1.29 is 0 Å². The number of nitrogens with zero attached hydrogens (tertiary/aromatic N) is 2. The average Bonchev–Trinajstić information content (AvgIpc) is 3.76. The Morgan fingerprint density at radius 1 is 0.452 bits per heavy atom. The Morgan fingerprint density at radius 2 is 0.881 bits per heavy atom. The Morgan fingerprint density at radius 3 is 1.26 bits per heavy atom. The summed E-state index contributed by atoms with van der Waals surface area (Å²) in [5, 5.41) is 8.94. The largest absolute Gasteiger partial charge is 0.254 e. The van der Waals surface area contributed by atoms with Gasteiger partial charge in [-0.05, 0) is 81.5 Å². The van der Waals surface area contributed by atoms with Crippen LogP contribution in [0.1, 0.15) is 0 Å². The second kappa shape index (κ2) is 10.5. The van der Waals surface area contributed by atoms with Gasteiger partial charge in [-0.1, -0.05) is 80.4 Å². The van der Waals surface area contributed by atoms with E-state index in [1.54, 1.807) is 22.7 Å². The number of hydrogen-bond donors (Lipinski definition) is 0. The summed E-state index contributed by atoms with van der Waals surface area (Å²) in [6, 6.07) is 34.7. The van der Waals surface area contributed by atoms with Gasteiger partial charge in [0, 0.05) is 63.8 Å². The molecule has 0 aliphatic heterocycles. The van der Waals surface area contributed by atoms with Gasteiger partial charge in [0.25, 0.3) is 0 Å². The van der Waals surface area contributed by atoms with Crippen LogP contribution in [0, 0.1) is 0 Å². The van der Waals surface area contributed by atoms with E-state index in [-0.39, 0.29) is 0 Å². The fourth-order valence-electron chi connectivity index (χ4n) is 6.03. The fourth-order valence-corrected chi connectivity index (χ4v) is 8.12. The number of halogens is 2. The molecule has 0 aliphatic rings. The summed E-state index contributed by atoms with van der Waals surface area (Å²) >= 11 is 10.9. The van der Waals surface area contributed by atoms with Crippen LogP contribution in [0.4, 0.5) is 0 Å².